The second-order valence-corrected chi connectivity index (χ2v) is 9.17. The summed E-state index contributed by atoms with van der Waals surface area (Å²) in [5.74, 6) is 0.863. The molecule has 3 N–H and O–H groups in total. The highest BCUT2D eigenvalue weighted by Crippen LogP contribution is 2.54. The number of aliphatic hydroxyl groups is 3. The minimum absolute atomic E-state index is 0.0144. The van der Waals surface area contributed by atoms with Crippen molar-refractivity contribution in [2.24, 2.45) is 5.92 Å². The van der Waals surface area contributed by atoms with Crippen LogP contribution >= 0.6 is 11.6 Å². The van der Waals surface area contributed by atoms with Crippen LogP contribution in [0.3, 0.4) is 0 Å². The van der Waals surface area contributed by atoms with Crippen LogP contribution in [0.1, 0.15) is 55.4 Å². The van der Waals surface area contributed by atoms with E-state index in [1.54, 1.807) is 0 Å². The number of hydrogen-bond donors (Lipinski definition) is 3. The van der Waals surface area contributed by atoms with Crippen LogP contribution in [0.15, 0.2) is 42.5 Å². The molecular formula is C25H31ClO5. The Hall–Kier alpha value is -1.63. The van der Waals surface area contributed by atoms with E-state index in [2.05, 4.69) is 6.07 Å². The van der Waals surface area contributed by atoms with Gasteiger partial charge >= 0.3 is 0 Å². The van der Waals surface area contributed by atoms with Gasteiger partial charge in [-0.05, 0) is 61.1 Å². The van der Waals surface area contributed by atoms with Gasteiger partial charge < -0.3 is 24.8 Å². The lowest BCUT2D eigenvalue weighted by Crippen LogP contribution is -2.60. The lowest BCUT2D eigenvalue weighted by atomic mass is 9.61. The van der Waals surface area contributed by atoms with Gasteiger partial charge in [0.05, 0.1) is 37.1 Å². The topological polar surface area (TPSA) is 79.2 Å². The molecule has 2 aromatic carbocycles. The molecule has 0 aromatic heterocycles. The van der Waals surface area contributed by atoms with Gasteiger partial charge in [0.25, 0.3) is 0 Å². The van der Waals surface area contributed by atoms with Gasteiger partial charge in [-0.25, -0.2) is 0 Å². The average molecular weight is 447 g/mol. The maximum atomic E-state index is 10.7. The smallest absolute Gasteiger partial charge is 0.119 e. The van der Waals surface area contributed by atoms with Crippen LogP contribution in [0.5, 0.6) is 5.75 Å². The van der Waals surface area contributed by atoms with Crippen LogP contribution in [0.4, 0.5) is 0 Å². The zero-order valence-corrected chi connectivity index (χ0v) is 18.6. The molecule has 5 unspecified atom stereocenters. The van der Waals surface area contributed by atoms with E-state index in [1.807, 2.05) is 43.3 Å². The summed E-state index contributed by atoms with van der Waals surface area (Å²) in [5.41, 5.74) is 2.54. The van der Waals surface area contributed by atoms with Crippen LogP contribution in [-0.2, 0) is 11.2 Å². The third kappa shape index (κ3) is 4.76. The second-order valence-electron chi connectivity index (χ2n) is 8.76. The fourth-order valence-electron chi connectivity index (χ4n) is 5.03. The van der Waals surface area contributed by atoms with Crippen molar-refractivity contribution in [3.05, 3.63) is 64.2 Å². The summed E-state index contributed by atoms with van der Waals surface area (Å²) < 4.78 is 12.0. The molecule has 5 atom stereocenters. The molecule has 2 aliphatic rings. The Bertz CT molecular complexity index is 886. The summed E-state index contributed by atoms with van der Waals surface area (Å²) in [6, 6.07) is 13.9. The molecule has 0 bridgehead atoms. The number of aliphatic hydroxyl groups excluding tert-OH is 3. The predicted molar refractivity (Wildman–Crippen MR) is 119 cm³/mol. The van der Waals surface area contributed by atoms with Crippen molar-refractivity contribution in [3.8, 4) is 5.75 Å². The average Bonchev–Trinajstić information content (AvgIpc) is 2.74. The molecule has 4 rings (SSSR count). The van der Waals surface area contributed by atoms with Crippen LogP contribution in [0.25, 0.3) is 0 Å². The van der Waals surface area contributed by atoms with Crippen molar-refractivity contribution in [2.45, 2.75) is 62.9 Å². The lowest BCUT2D eigenvalue weighted by Gasteiger charge is -2.57. The molecule has 1 heterocycles. The van der Waals surface area contributed by atoms with Gasteiger partial charge in [-0.3, -0.25) is 0 Å². The van der Waals surface area contributed by atoms with Gasteiger partial charge in [-0.15, -0.1) is 0 Å². The first-order chi connectivity index (χ1) is 14.9. The van der Waals surface area contributed by atoms with Crippen LogP contribution in [-0.4, -0.2) is 46.3 Å². The summed E-state index contributed by atoms with van der Waals surface area (Å²) in [6.45, 7) is 2.30. The van der Waals surface area contributed by atoms with Crippen molar-refractivity contribution in [1.82, 2.24) is 0 Å². The van der Waals surface area contributed by atoms with Gasteiger partial charge in [-0.2, -0.15) is 0 Å². The molecule has 1 aliphatic heterocycles. The van der Waals surface area contributed by atoms with Gasteiger partial charge in [0.15, 0.2) is 0 Å². The number of ether oxygens (including phenoxy) is 2. The third-order valence-corrected chi connectivity index (χ3v) is 7.08. The van der Waals surface area contributed by atoms with E-state index in [1.165, 1.54) is 0 Å². The second kappa shape index (κ2) is 9.47. The SMILES string of the molecule is CCOc1ccc(Cc2cc(C3CC(O)C4CCC4(CC(O)CO)O3)ccc2Cl)cc1. The Labute approximate surface area is 188 Å². The largest absolute Gasteiger partial charge is 0.494 e. The first-order valence-corrected chi connectivity index (χ1v) is 11.5. The van der Waals surface area contributed by atoms with E-state index >= 15 is 0 Å². The normalized spacial score (nSPS) is 28.5. The minimum Gasteiger partial charge on any atom is -0.494 e. The predicted octanol–water partition coefficient (Wildman–Crippen LogP) is 4.04. The molecule has 2 aromatic rings. The van der Waals surface area contributed by atoms with E-state index in [4.69, 9.17) is 21.1 Å². The van der Waals surface area contributed by atoms with E-state index in [-0.39, 0.29) is 18.6 Å². The standard InChI is InChI=1S/C25H31ClO5/c1-2-30-20-6-3-16(4-7-20)11-18-12-17(5-8-22(18)26)24-13-23(29)21-9-10-25(21,31-24)14-19(28)15-27/h3-8,12,19,21,23-24,27-29H,2,9-11,13-15H2,1H3. The third-order valence-electron chi connectivity index (χ3n) is 6.71. The van der Waals surface area contributed by atoms with E-state index < -0.39 is 17.8 Å². The molecule has 168 valence electrons. The molecule has 5 nitrogen and oxygen atoms in total. The molecule has 0 amide bonds. The Morgan fingerprint density at radius 2 is 2.00 bits per heavy atom. The number of fused-ring (bicyclic) bond motifs is 1. The summed E-state index contributed by atoms with van der Waals surface area (Å²) in [5, 5.41) is 30.8. The van der Waals surface area contributed by atoms with Crippen molar-refractivity contribution >= 4 is 11.6 Å². The highest BCUT2D eigenvalue weighted by molar-refractivity contribution is 6.31. The molecule has 31 heavy (non-hydrogen) atoms. The van der Waals surface area contributed by atoms with Crippen molar-refractivity contribution < 1.29 is 24.8 Å². The minimum atomic E-state index is -0.839. The Balaban J connectivity index is 1.53. The Morgan fingerprint density at radius 3 is 2.65 bits per heavy atom. The van der Waals surface area contributed by atoms with E-state index in [0.29, 0.717) is 30.9 Å². The molecule has 1 saturated carbocycles. The van der Waals surface area contributed by atoms with Crippen LogP contribution in [0, 0.1) is 5.92 Å². The van der Waals surface area contributed by atoms with Crippen molar-refractivity contribution in [2.75, 3.05) is 13.2 Å². The summed E-state index contributed by atoms with van der Waals surface area (Å²) in [7, 11) is 0. The maximum Gasteiger partial charge on any atom is 0.119 e. The lowest BCUT2D eigenvalue weighted by molar-refractivity contribution is -0.260. The zero-order valence-electron chi connectivity index (χ0n) is 17.8. The number of rotatable bonds is 8. The van der Waals surface area contributed by atoms with Crippen molar-refractivity contribution in [1.29, 1.82) is 0 Å². The highest BCUT2D eigenvalue weighted by atomic mass is 35.5. The van der Waals surface area contributed by atoms with Crippen LogP contribution < -0.4 is 4.74 Å². The highest BCUT2D eigenvalue weighted by Gasteiger charge is 2.56. The van der Waals surface area contributed by atoms with E-state index in [9.17, 15) is 15.3 Å². The molecule has 0 radical (unpaired) electrons. The monoisotopic (exact) mass is 446 g/mol. The maximum absolute atomic E-state index is 10.7. The molecule has 6 heteroatoms. The number of halogens is 1. The van der Waals surface area contributed by atoms with Gasteiger partial charge in [0, 0.05) is 23.8 Å². The number of hydrogen-bond acceptors (Lipinski definition) is 5. The van der Waals surface area contributed by atoms with Gasteiger partial charge in [0.2, 0.25) is 0 Å². The summed E-state index contributed by atoms with van der Waals surface area (Å²) in [6.07, 6.45) is 1.63. The summed E-state index contributed by atoms with van der Waals surface area (Å²) in [4.78, 5) is 0. The van der Waals surface area contributed by atoms with E-state index in [0.717, 1.165) is 35.3 Å². The van der Waals surface area contributed by atoms with Gasteiger partial charge in [-0.1, -0.05) is 35.9 Å². The Kier molecular flexibility index (Phi) is 6.89. The van der Waals surface area contributed by atoms with Crippen LogP contribution in [0.2, 0.25) is 5.02 Å². The molecule has 1 saturated heterocycles. The molecule has 1 aliphatic carbocycles. The quantitative estimate of drug-likeness (QED) is 0.570. The Morgan fingerprint density at radius 1 is 1.23 bits per heavy atom. The molecule has 0 spiro atoms. The molecular weight excluding hydrogens is 416 g/mol. The first kappa shape index (κ1) is 22.6. The van der Waals surface area contributed by atoms with Crippen molar-refractivity contribution in [3.63, 3.8) is 0 Å². The fourth-order valence-corrected chi connectivity index (χ4v) is 5.21. The molecule has 2 fully saturated rings. The fraction of sp³-hybridized carbons (Fsp3) is 0.520. The number of benzene rings is 2. The zero-order chi connectivity index (χ0) is 22.0. The van der Waals surface area contributed by atoms with Gasteiger partial charge in [0.1, 0.15) is 5.75 Å². The summed E-state index contributed by atoms with van der Waals surface area (Å²) >= 11 is 6.50. The first-order valence-electron chi connectivity index (χ1n) is 11.1.